The lowest BCUT2D eigenvalue weighted by Gasteiger charge is -2.39. The maximum absolute atomic E-state index is 11.7. The molecule has 0 aromatic heterocycles. The largest absolute Gasteiger partial charge is 0.480 e. The molecule has 0 aromatic carbocycles. The van der Waals surface area contributed by atoms with Crippen molar-refractivity contribution in [3.05, 3.63) is 0 Å². The number of rotatable bonds is 8. The molecule has 0 bridgehead atoms. The molecule has 2 atom stereocenters. The number of carboxylic acid groups (broad SMARTS) is 1. The van der Waals surface area contributed by atoms with E-state index in [4.69, 9.17) is 4.74 Å². The highest BCUT2D eigenvalue weighted by Gasteiger charge is 2.43. The van der Waals surface area contributed by atoms with E-state index in [-0.39, 0.29) is 12.1 Å². The lowest BCUT2D eigenvalue weighted by molar-refractivity contribution is -0.149. The van der Waals surface area contributed by atoms with Crippen LogP contribution < -0.4 is 5.32 Å². The number of aliphatic carboxylic acids is 1. The summed E-state index contributed by atoms with van der Waals surface area (Å²) in [6, 6.07) is 0.172. The minimum absolute atomic E-state index is 0.0817. The summed E-state index contributed by atoms with van der Waals surface area (Å²) in [5.74, 6) is -0.0349. The van der Waals surface area contributed by atoms with E-state index in [0.717, 1.165) is 25.9 Å². The molecule has 1 aliphatic rings. The van der Waals surface area contributed by atoms with Crippen molar-refractivity contribution >= 4 is 5.97 Å². The van der Waals surface area contributed by atoms with Gasteiger partial charge in [-0.25, -0.2) is 0 Å². The summed E-state index contributed by atoms with van der Waals surface area (Å²) in [5.41, 5.74) is -0.796. The molecule has 20 heavy (non-hydrogen) atoms. The topological polar surface area (TPSA) is 58.6 Å². The summed E-state index contributed by atoms with van der Waals surface area (Å²) in [5, 5.41) is 12.8. The Morgan fingerprint density at radius 3 is 2.65 bits per heavy atom. The van der Waals surface area contributed by atoms with Gasteiger partial charge in [-0.15, -0.1) is 0 Å². The Hall–Kier alpha value is -0.610. The quantitative estimate of drug-likeness (QED) is 0.672. The Kier molecular flexibility index (Phi) is 6.96. The Balaban J connectivity index is 2.48. The van der Waals surface area contributed by atoms with Crippen molar-refractivity contribution < 1.29 is 14.6 Å². The highest BCUT2D eigenvalue weighted by molar-refractivity contribution is 5.79. The third kappa shape index (κ3) is 5.41. The van der Waals surface area contributed by atoms with Crippen molar-refractivity contribution in [2.45, 2.75) is 83.9 Å². The fourth-order valence-corrected chi connectivity index (χ4v) is 3.05. The first kappa shape index (κ1) is 17.4. The minimum Gasteiger partial charge on any atom is -0.480 e. The van der Waals surface area contributed by atoms with E-state index in [0.29, 0.717) is 18.8 Å². The van der Waals surface area contributed by atoms with Gasteiger partial charge in [0.25, 0.3) is 0 Å². The lowest BCUT2D eigenvalue weighted by Crippen LogP contribution is -2.58. The highest BCUT2D eigenvalue weighted by Crippen LogP contribution is 2.31. The molecule has 0 aliphatic heterocycles. The van der Waals surface area contributed by atoms with Crippen LogP contribution in [0.3, 0.4) is 0 Å². The van der Waals surface area contributed by atoms with Gasteiger partial charge in [0, 0.05) is 19.1 Å². The lowest BCUT2D eigenvalue weighted by atomic mass is 9.79. The molecule has 0 spiro atoms. The standard InChI is InChI=1S/C16H31NO3/c1-12(2)7-6-10-20-14-8-5-9-16(11-14,15(18)19)17-13(3)4/h12-14,17H,5-11H2,1-4H3,(H,18,19). The van der Waals surface area contributed by atoms with Crippen LogP contribution in [-0.4, -0.2) is 35.4 Å². The molecule has 0 radical (unpaired) electrons. The van der Waals surface area contributed by atoms with Gasteiger partial charge in [0.2, 0.25) is 0 Å². The summed E-state index contributed by atoms with van der Waals surface area (Å²) in [7, 11) is 0. The molecular weight excluding hydrogens is 254 g/mol. The molecule has 0 saturated heterocycles. The number of nitrogens with one attached hydrogen (secondary N) is 1. The summed E-state index contributed by atoms with van der Waals surface area (Å²) in [4.78, 5) is 11.7. The van der Waals surface area contributed by atoms with Crippen molar-refractivity contribution in [1.82, 2.24) is 5.32 Å². The molecule has 1 rings (SSSR count). The van der Waals surface area contributed by atoms with Crippen LogP contribution in [0.15, 0.2) is 0 Å². The maximum Gasteiger partial charge on any atom is 0.324 e. The van der Waals surface area contributed by atoms with Crippen LogP contribution in [-0.2, 0) is 9.53 Å². The molecular formula is C16H31NO3. The molecule has 1 saturated carbocycles. The third-order valence-corrected chi connectivity index (χ3v) is 3.96. The maximum atomic E-state index is 11.7. The van der Waals surface area contributed by atoms with Gasteiger partial charge in [0.05, 0.1) is 6.10 Å². The summed E-state index contributed by atoms with van der Waals surface area (Å²) >= 11 is 0. The summed E-state index contributed by atoms with van der Waals surface area (Å²) < 4.78 is 5.92. The van der Waals surface area contributed by atoms with E-state index in [2.05, 4.69) is 19.2 Å². The van der Waals surface area contributed by atoms with Crippen molar-refractivity contribution in [1.29, 1.82) is 0 Å². The molecule has 2 N–H and O–H groups in total. The van der Waals surface area contributed by atoms with Crippen molar-refractivity contribution in [3.8, 4) is 0 Å². The van der Waals surface area contributed by atoms with Crippen molar-refractivity contribution in [2.24, 2.45) is 5.92 Å². The number of ether oxygens (including phenoxy) is 1. The Labute approximate surface area is 123 Å². The predicted molar refractivity (Wildman–Crippen MR) is 80.9 cm³/mol. The van der Waals surface area contributed by atoms with E-state index >= 15 is 0 Å². The molecule has 0 amide bonds. The Bertz CT molecular complexity index is 304. The predicted octanol–water partition coefficient (Wildman–Crippen LogP) is 3.20. The van der Waals surface area contributed by atoms with Gasteiger partial charge < -0.3 is 9.84 Å². The zero-order valence-corrected chi connectivity index (χ0v) is 13.4. The summed E-state index contributed by atoms with van der Waals surface area (Å²) in [6.07, 6.45) is 5.50. The monoisotopic (exact) mass is 285 g/mol. The van der Waals surface area contributed by atoms with Crippen LogP contribution in [0.5, 0.6) is 0 Å². The number of carboxylic acids is 1. The Morgan fingerprint density at radius 1 is 1.40 bits per heavy atom. The van der Waals surface area contributed by atoms with Gasteiger partial charge in [-0.2, -0.15) is 0 Å². The highest BCUT2D eigenvalue weighted by atomic mass is 16.5. The molecule has 4 nitrogen and oxygen atoms in total. The van der Waals surface area contributed by atoms with Gasteiger partial charge >= 0.3 is 5.97 Å². The first-order chi connectivity index (χ1) is 9.35. The average molecular weight is 285 g/mol. The van der Waals surface area contributed by atoms with Gasteiger partial charge in [-0.3, -0.25) is 10.1 Å². The number of carbonyl (C=O) groups is 1. The van der Waals surface area contributed by atoms with E-state index in [1.54, 1.807) is 0 Å². The SMILES string of the molecule is CC(C)CCCOC1CCCC(NC(C)C)(C(=O)O)C1. The number of hydrogen-bond acceptors (Lipinski definition) is 3. The second-order valence-electron chi connectivity index (χ2n) is 6.81. The van der Waals surface area contributed by atoms with Crippen LogP contribution in [0.1, 0.15) is 66.2 Å². The van der Waals surface area contributed by atoms with Gasteiger partial charge in [-0.05, 0) is 51.9 Å². The van der Waals surface area contributed by atoms with E-state index in [9.17, 15) is 9.90 Å². The second kappa shape index (κ2) is 7.99. The smallest absolute Gasteiger partial charge is 0.324 e. The minimum atomic E-state index is -0.796. The van der Waals surface area contributed by atoms with Gasteiger partial charge in [-0.1, -0.05) is 13.8 Å². The van der Waals surface area contributed by atoms with Crippen LogP contribution in [0.4, 0.5) is 0 Å². The molecule has 4 heteroatoms. The molecule has 2 unspecified atom stereocenters. The van der Waals surface area contributed by atoms with Gasteiger partial charge in [0.1, 0.15) is 5.54 Å². The van der Waals surface area contributed by atoms with Crippen LogP contribution >= 0.6 is 0 Å². The van der Waals surface area contributed by atoms with Crippen molar-refractivity contribution in [3.63, 3.8) is 0 Å². The van der Waals surface area contributed by atoms with Gasteiger partial charge in [0.15, 0.2) is 0 Å². The molecule has 1 aliphatic carbocycles. The zero-order chi connectivity index (χ0) is 15.2. The van der Waals surface area contributed by atoms with Crippen molar-refractivity contribution in [2.75, 3.05) is 6.61 Å². The van der Waals surface area contributed by atoms with E-state index in [1.807, 2.05) is 13.8 Å². The Morgan fingerprint density at radius 2 is 2.10 bits per heavy atom. The zero-order valence-electron chi connectivity index (χ0n) is 13.4. The molecule has 1 fully saturated rings. The van der Waals surface area contributed by atoms with Crippen LogP contribution in [0.2, 0.25) is 0 Å². The fourth-order valence-electron chi connectivity index (χ4n) is 3.05. The molecule has 118 valence electrons. The first-order valence-electron chi connectivity index (χ1n) is 7.98. The fraction of sp³-hybridized carbons (Fsp3) is 0.938. The first-order valence-corrected chi connectivity index (χ1v) is 7.98. The van der Waals surface area contributed by atoms with Crippen LogP contribution in [0, 0.1) is 5.92 Å². The molecule has 0 heterocycles. The third-order valence-electron chi connectivity index (χ3n) is 3.96. The van der Waals surface area contributed by atoms with Crippen LogP contribution in [0.25, 0.3) is 0 Å². The molecule has 0 aromatic rings. The van der Waals surface area contributed by atoms with E-state index < -0.39 is 11.5 Å². The average Bonchev–Trinajstić information content (AvgIpc) is 2.34. The second-order valence-corrected chi connectivity index (χ2v) is 6.81. The number of hydrogen-bond donors (Lipinski definition) is 2. The summed E-state index contributed by atoms with van der Waals surface area (Å²) in [6.45, 7) is 9.17. The van der Waals surface area contributed by atoms with E-state index in [1.165, 1.54) is 6.42 Å². The normalized spacial score (nSPS) is 27.2.